The summed E-state index contributed by atoms with van der Waals surface area (Å²) in [5.41, 5.74) is 2.35. The fraction of sp³-hybridized carbons (Fsp3) is 0.370. The number of fused-ring (bicyclic) bond motifs is 2. The third-order valence-corrected chi connectivity index (χ3v) is 6.33. The Labute approximate surface area is 240 Å². The van der Waals surface area contributed by atoms with E-state index >= 15 is 0 Å². The number of aliphatic carboxylic acids is 3. The number of nitrogens with one attached hydrogen (secondary N) is 2. The van der Waals surface area contributed by atoms with Crippen molar-refractivity contribution in [3.05, 3.63) is 41.4 Å². The van der Waals surface area contributed by atoms with Gasteiger partial charge < -0.3 is 30.7 Å². The highest BCUT2D eigenvalue weighted by atomic mass is 35.5. The van der Waals surface area contributed by atoms with E-state index in [1.165, 1.54) is 4.90 Å². The predicted molar refractivity (Wildman–Crippen MR) is 153 cm³/mol. The molecule has 1 aromatic heterocycles. The number of amides is 1. The first kappa shape index (κ1) is 31.3. The highest BCUT2D eigenvalue weighted by Crippen LogP contribution is 2.34. The number of benzene rings is 2. The quantitative estimate of drug-likeness (QED) is 0.114. The zero-order chi connectivity index (χ0) is 29.9. The van der Waals surface area contributed by atoms with Crippen LogP contribution < -0.4 is 15.4 Å². The number of pyridine rings is 1. The van der Waals surface area contributed by atoms with Crippen LogP contribution in [0.4, 0.5) is 5.69 Å². The van der Waals surface area contributed by atoms with E-state index in [0.29, 0.717) is 30.3 Å². The summed E-state index contributed by atoms with van der Waals surface area (Å²) in [6.45, 7) is -0.959. The molecule has 0 unspecified atom stereocenters. The van der Waals surface area contributed by atoms with Gasteiger partial charge in [-0.2, -0.15) is 0 Å². The first-order chi connectivity index (χ1) is 19.5. The van der Waals surface area contributed by atoms with Gasteiger partial charge in [0, 0.05) is 42.0 Å². The summed E-state index contributed by atoms with van der Waals surface area (Å²) in [5.74, 6) is -3.31. The molecule has 0 aliphatic heterocycles. The van der Waals surface area contributed by atoms with E-state index in [1.807, 2.05) is 24.3 Å². The SMILES string of the molecule is COc1ccc2nc3cc(Cl)ccc3c(NCCCNC(=O)CN(CCN(CC(=O)O)CC(=O)O)CC(=O)O)c2c1. The lowest BCUT2D eigenvalue weighted by Gasteiger charge is -2.24. The van der Waals surface area contributed by atoms with E-state index in [9.17, 15) is 24.3 Å². The van der Waals surface area contributed by atoms with E-state index < -0.39 is 43.4 Å². The molecule has 0 radical (unpaired) electrons. The Morgan fingerprint density at radius 3 is 2.07 bits per heavy atom. The number of aromatic nitrogens is 1. The molecule has 14 heteroatoms. The molecule has 3 aromatic rings. The molecule has 0 saturated heterocycles. The minimum atomic E-state index is -1.21. The van der Waals surface area contributed by atoms with E-state index in [0.717, 1.165) is 32.4 Å². The average molecular weight is 590 g/mol. The topological polar surface area (TPSA) is 182 Å². The molecule has 5 N–H and O–H groups in total. The van der Waals surface area contributed by atoms with Crippen LogP contribution in [0.1, 0.15) is 6.42 Å². The van der Waals surface area contributed by atoms with Crippen molar-refractivity contribution in [3.8, 4) is 5.75 Å². The number of carboxylic acid groups (broad SMARTS) is 3. The minimum absolute atomic E-state index is 0.00247. The highest BCUT2D eigenvalue weighted by molar-refractivity contribution is 6.31. The molecule has 0 saturated carbocycles. The number of anilines is 1. The van der Waals surface area contributed by atoms with Crippen LogP contribution in [-0.4, -0.2) is 113 Å². The smallest absolute Gasteiger partial charge is 0.317 e. The maximum atomic E-state index is 12.5. The molecular formula is C27H32ClN5O8. The molecule has 1 amide bonds. The Balaban J connectivity index is 1.57. The fourth-order valence-electron chi connectivity index (χ4n) is 4.29. The van der Waals surface area contributed by atoms with Crippen molar-refractivity contribution in [2.75, 3.05) is 64.8 Å². The number of hydrogen-bond acceptors (Lipinski definition) is 9. The summed E-state index contributed by atoms with van der Waals surface area (Å²) >= 11 is 6.18. The van der Waals surface area contributed by atoms with Gasteiger partial charge in [-0.3, -0.25) is 29.0 Å². The number of carbonyl (C=O) groups excluding carboxylic acids is 1. The van der Waals surface area contributed by atoms with Crippen LogP contribution in [0.5, 0.6) is 5.75 Å². The van der Waals surface area contributed by atoms with Gasteiger partial charge in [0.2, 0.25) is 5.91 Å². The van der Waals surface area contributed by atoms with Crippen molar-refractivity contribution in [1.29, 1.82) is 0 Å². The second kappa shape index (κ2) is 15.0. The van der Waals surface area contributed by atoms with E-state index in [4.69, 9.17) is 31.5 Å². The molecule has 0 fully saturated rings. The maximum absolute atomic E-state index is 12.5. The Kier molecular flexibility index (Phi) is 11.4. The standard InChI is InChI=1S/C27H32ClN5O8/c1-41-18-4-6-21-20(12-18)27(19-5-3-17(28)11-22(19)31-21)30-8-2-7-29-23(34)13-32(14-24(35)36)9-10-33(15-25(37)38)16-26(39)40/h3-6,11-12H,2,7-10,13-16H2,1H3,(H,29,34)(H,30,31)(H,35,36)(H,37,38)(H,39,40). The van der Waals surface area contributed by atoms with Crippen LogP contribution in [-0.2, 0) is 19.2 Å². The third-order valence-electron chi connectivity index (χ3n) is 6.10. The molecule has 0 bridgehead atoms. The number of nitrogens with zero attached hydrogens (tertiary/aromatic N) is 3. The van der Waals surface area contributed by atoms with Crippen LogP contribution in [0.2, 0.25) is 5.02 Å². The van der Waals surface area contributed by atoms with Gasteiger partial charge in [-0.15, -0.1) is 0 Å². The van der Waals surface area contributed by atoms with Gasteiger partial charge in [0.05, 0.1) is 50.0 Å². The number of rotatable bonds is 17. The molecule has 220 valence electrons. The number of carbonyl (C=O) groups is 4. The fourth-order valence-corrected chi connectivity index (χ4v) is 4.45. The predicted octanol–water partition coefficient (Wildman–Crippen LogP) is 1.83. The first-order valence-corrected chi connectivity index (χ1v) is 13.1. The Morgan fingerprint density at radius 2 is 1.46 bits per heavy atom. The summed E-state index contributed by atoms with van der Waals surface area (Å²) in [4.78, 5) is 53.0. The van der Waals surface area contributed by atoms with Gasteiger partial charge in [0.1, 0.15) is 5.75 Å². The van der Waals surface area contributed by atoms with Crippen LogP contribution in [0.15, 0.2) is 36.4 Å². The first-order valence-electron chi connectivity index (χ1n) is 12.7. The Hall–Kier alpha value is -4.20. The van der Waals surface area contributed by atoms with Crippen molar-refractivity contribution >= 4 is 62.9 Å². The van der Waals surface area contributed by atoms with Gasteiger partial charge in [0.15, 0.2) is 0 Å². The second-order valence-electron chi connectivity index (χ2n) is 9.26. The summed E-state index contributed by atoms with van der Waals surface area (Å²) in [6, 6.07) is 11.1. The molecule has 0 aliphatic carbocycles. The zero-order valence-electron chi connectivity index (χ0n) is 22.4. The molecule has 2 aromatic carbocycles. The number of carboxylic acids is 3. The normalized spacial score (nSPS) is 11.2. The number of methoxy groups -OCH3 is 1. The number of hydrogen-bond donors (Lipinski definition) is 5. The summed E-state index contributed by atoms with van der Waals surface area (Å²) in [7, 11) is 1.59. The van der Waals surface area contributed by atoms with Gasteiger partial charge >= 0.3 is 17.9 Å². The van der Waals surface area contributed by atoms with E-state index in [2.05, 4.69) is 10.6 Å². The number of halogens is 1. The lowest BCUT2D eigenvalue weighted by Crippen LogP contribution is -2.45. The number of ether oxygens (including phenoxy) is 1. The highest BCUT2D eigenvalue weighted by Gasteiger charge is 2.18. The van der Waals surface area contributed by atoms with Crippen molar-refractivity contribution in [1.82, 2.24) is 20.1 Å². The van der Waals surface area contributed by atoms with E-state index in [1.54, 1.807) is 19.2 Å². The largest absolute Gasteiger partial charge is 0.497 e. The molecular weight excluding hydrogens is 558 g/mol. The lowest BCUT2D eigenvalue weighted by molar-refractivity contribution is -0.143. The monoisotopic (exact) mass is 589 g/mol. The van der Waals surface area contributed by atoms with Gasteiger partial charge in [-0.1, -0.05) is 11.6 Å². The van der Waals surface area contributed by atoms with Crippen LogP contribution >= 0.6 is 11.6 Å². The van der Waals surface area contributed by atoms with Crippen LogP contribution in [0, 0.1) is 0 Å². The van der Waals surface area contributed by atoms with Crippen LogP contribution in [0.25, 0.3) is 21.8 Å². The van der Waals surface area contributed by atoms with Crippen LogP contribution in [0.3, 0.4) is 0 Å². The minimum Gasteiger partial charge on any atom is -0.497 e. The summed E-state index contributed by atoms with van der Waals surface area (Å²) in [5, 5.41) is 35.7. The second-order valence-corrected chi connectivity index (χ2v) is 9.70. The van der Waals surface area contributed by atoms with Crippen molar-refractivity contribution in [2.24, 2.45) is 0 Å². The molecule has 1 heterocycles. The molecule has 0 spiro atoms. The maximum Gasteiger partial charge on any atom is 0.317 e. The Bertz CT molecular complexity index is 1400. The van der Waals surface area contributed by atoms with Gasteiger partial charge in [-0.05, 0) is 42.8 Å². The van der Waals surface area contributed by atoms with E-state index in [-0.39, 0.29) is 19.6 Å². The van der Waals surface area contributed by atoms with Gasteiger partial charge in [-0.25, -0.2) is 4.98 Å². The van der Waals surface area contributed by atoms with Crippen molar-refractivity contribution in [3.63, 3.8) is 0 Å². The average Bonchev–Trinajstić information content (AvgIpc) is 2.89. The van der Waals surface area contributed by atoms with Crippen molar-refractivity contribution in [2.45, 2.75) is 6.42 Å². The Morgan fingerprint density at radius 1 is 0.829 bits per heavy atom. The zero-order valence-corrected chi connectivity index (χ0v) is 23.2. The molecule has 0 atom stereocenters. The molecule has 13 nitrogen and oxygen atoms in total. The van der Waals surface area contributed by atoms with Gasteiger partial charge in [0.25, 0.3) is 0 Å². The molecule has 0 aliphatic rings. The third kappa shape index (κ3) is 9.74. The van der Waals surface area contributed by atoms with Crippen molar-refractivity contribution < 1.29 is 39.2 Å². The molecule has 41 heavy (non-hydrogen) atoms. The summed E-state index contributed by atoms with van der Waals surface area (Å²) < 4.78 is 5.38. The summed E-state index contributed by atoms with van der Waals surface area (Å²) in [6.07, 6.45) is 0.554. The molecule has 3 rings (SSSR count). The lowest BCUT2D eigenvalue weighted by atomic mass is 10.1.